The van der Waals surface area contributed by atoms with Crippen LogP contribution < -0.4 is 15.4 Å². The Kier molecular flexibility index (Phi) is 9.82. The summed E-state index contributed by atoms with van der Waals surface area (Å²) in [5, 5.41) is 16.2. The van der Waals surface area contributed by atoms with Gasteiger partial charge in [0, 0.05) is 31.7 Å². The van der Waals surface area contributed by atoms with E-state index < -0.39 is 0 Å². The molecule has 3 N–H and O–H groups in total. The van der Waals surface area contributed by atoms with E-state index in [1.807, 2.05) is 0 Å². The van der Waals surface area contributed by atoms with Crippen LogP contribution in [-0.4, -0.2) is 50.6 Å². The molecule has 180 valence electrons. The molecule has 0 bridgehead atoms. The molecule has 33 heavy (non-hydrogen) atoms. The standard InChI is InChI=1S/C26H35N3O3.HI/c1-2-27-25(29-18-26(11-13-30)12-15-31-19-26)28-17-20-5-7-21(8-6-20)22-9-10-24-23(16-22)4-3-14-32-24;/h5-10,16,30H,2-4,11-15,17-19H2,1H3,(H2,27,28,29);1H. The van der Waals surface area contributed by atoms with Crippen molar-refractivity contribution in [3.05, 3.63) is 53.6 Å². The summed E-state index contributed by atoms with van der Waals surface area (Å²) >= 11 is 0. The molecular formula is C26H36IN3O3. The van der Waals surface area contributed by atoms with Gasteiger partial charge in [-0.05, 0) is 67.0 Å². The topological polar surface area (TPSA) is 75.1 Å². The Morgan fingerprint density at radius 1 is 1.09 bits per heavy atom. The third-order valence-corrected chi connectivity index (χ3v) is 6.42. The summed E-state index contributed by atoms with van der Waals surface area (Å²) in [7, 11) is 0. The highest BCUT2D eigenvalue weighted by atomic mass is 127. The normalized spacial score (nSPS) is 19.9. The number of halogens is 1. The van der Waals surface area contributed by atoms with Crippen molar-refractivity contribution in [3.63, 3.8) is 0 Å². The molecular weight excluding hydrogens is 529 g/mol. The van der Waals surface area contributed by atoms with Gasteiger partial charge < -0.3 is 25.2 Å². The highest BCUT2D eigenvalue weighted by Crippen LogP contribution is 2.32. The Morgan fingerprint density at radius 3 is 2.64 bits per heavy atom. The van der Waals surface area contributed by atoms with Crippen molar-refractivity contribution >= 4 is 29.9 Å². The molecule has 2 aromatic carbocycles. The highest BCUT2D eigenvalue weighted by molar-refractivity contribution is 14.0. The number of nitrogens with one attached hydrogen (secondary N) is 2. The minimum atomic E-state index is -0.00743. The zero-order chi connectivity index (χ0) is 22.2. The molecule has 4 rings (SSSR count). The van der Waals surface area contributed by atoms with Gasteiger partial charge in [-0.25, -0.2) is 4.99 Å². The molecule has 1 saturated heterocycles. The van der Waals surface area contributed by atoms with Crippen LogP contribution in [-0.2, 0) is 17.7 Å². The number of guanidine groups is 1. The molecule has 2 aliphatic rings. The Balaban J connectivity index is 0.00000306. The molecule has 1 atom stereocenters. The second-order valence-electron chi connectivity index (χ2n) is 8.80. The third kappa shape index (κ3) is 6.83. The number of aliphatic hydroxyl groups is 1. The zero-order valence-electron chi connectivity index (χ0n) is 19.4. The minimum absolute atomic E-state index is 0. The number of hydrogen-bond donors (Lipinski definition) is 3. The lowest BCUT2D eigenvalue weighted by Crippen LogP contribution is -2.44. The first-order valence-electron chi connectivity index (χ1n) is 11.8. The molecule has 0 radical (unpaired) electrons. The van der Waals surface area contributed by atoms with E-state index in [1.54, 1.807) is 0 Å². The van der Waals surface area contributed by atoms with E-state index in [0.717, 1.165) is 63.7 Å². The molecule has 2 aliphatic heterocycles. The summed E-state index contributed by atoms with van der Waals surface area (Å²) in [6.45, 7) is 6.69. The first kappa shape index (κ1) is 25.8. The van der Waals surface area contributed by atoms with Crippen LogP contribution in [0.15, 0.2) is 47.5 Å². The van der Waals surface area contributed by atoms with Gasteiger partial charge in [-0.15, -0.1) is 24.0 Å². The summed E-state index contributed by atoms with van der Waals surface area (Å²) in [5.74, 6) is 1.83. The highest BCUT2D eigenvalue weighted by Gasteiger charge is 2.34. The van der Waals surface area contributed by atoms with Crippen molar-refractivity contribution in [1.82, 2.24) is 10.6 Å². The molecule has 7 heteroatoms. The van der Waals surface area contributed by atoms with Crippen LogP contribution >= 0.6 is 24.0 Å². The fourth-order valence-corrected chi connectivity index (χ4v) is 4.44. The smallest absolute Gasteiger partial charge is 0.191 e. The molecule has 6 nitrogen and oxygen atoms in total. The zero-order valence-corrected chi connectivity index (χ0v) is 21.8. The number of nitrogens with zero attached hydrogens (tertiary/aromatic N) is 1. The van der Waals surface area contributed by atoms with Gasteiger partial charge in [0.1, 0.15) is 5.75 Å². The van der Waals surface area contributed by atoms with Crippen LogP contribution in [0.1, 0.15) is 37.3 Å². The summed E-state index contributed by atoms with van der Waals surface area (Å²) in [4.78, 5) is 4.77. The van der Waals surface area contributed by atoms with Crippen molar-refractivity contribution < 1.29 is 14.6 Å². The molecule has 0 amide bonds. The Labute approximate surface area is 214 Å². The van der Waals surface area contributed by atoms with Gasteiger partial charge in [-0.1, -0.05) is 30.3 Å². The summed E-state index contributed by atoms with van der Waals surface area (Å²) in [6.07, 6.45) is 3.89. The number of hydrogen-bond acceptors (Lipinski definition) is 4. The lowest BCUT2D eigenvalue weighted by Gasteiger charge is -2.27. The number of aliphatic imine (C=N–C) groups is 1. The van der Waals surface area contributed by atoms with Crippen LogP contribution in [0.4, 0.5) is 0 Å². The van der Waals surface area contributed by atoms with E-state index in [0.29, 0.717) is 13.2 Å². The van der Waals surface area contributed by atoms with E-state index in [4.69, 9.17) is 14.5 Å². The van der Waals surface area contributed by atoms with Crippen LogP contribution in [0.25, 0.3) is 11.1 Å². The Morgan fingerprint density at radius 2 is 1.91 bits per heavy atom. The number of aryl methyl sites for hydroxylation is 1. The predicted octanol–water partition coefficient (Wildman–Crippen LogP) is 4.14. The predicted molar refractivity (Wildman–Crippen MR) is 143 cm³/mol. The second-order valence-corrected chi connectivity index (χ2v) is 8.80. The average Bonchev–Trinajstić information content (AvgIpc) is 3.30. The fraction of sp³-hybridized carbons (Fsp3) is 0.500. The maximum Gasteiger partial charge on any atom is 0.191 e. The van der Waals surface area contributed by atoms with E-state index in [2.05, 4.69) is 60.0 Å². The lowest BCUT2D eigenvalue weighted by atomic mass is 9.84. The van der Waals surface area contributed by atoms with Crippen LogP contribution in [0.3, 0.4) is 0 Å². The lowest BCUT2D eigenvalue weighted by molar-refractivity contribution is 0.127. The van der Waals surface area contributed by atoms with Gasteiger partial charge >= 0.3 is 0 Å². The molecule has 1 fully saturated rings. The first-order chi connectivity index (χ1) is 15.7. The number of fused-ring (bicyclic) bond motifs is 1. The van der Waals surface area contributed by atoms with Gasteiger partial charge in [0.05, 0.1) is 19.8 Å². The van der Waals surface area contributed by atoms with Crippen LogP contribution in [0, 0.1) is 5.41 Å². The molecule has 0 aromatic heterocycles. The van der Waals surface area contributed by atoms with Gasteiger partial charge in [0.15, 0.2) is 5.96 Å². The summed E-state index contributed by atoms with van der Waals surface area (Å²) in [6, 6.07) is 15.1. The van der Waals surface area contributed by atoms with E-state index >= 15 is 0 Å². The Bertz CT molecular complexity index is 911. The fourth-order valence-electron chi connectivity index (χ4n) is 4.44. The average molecular weight is 565 g/mol. The van der Waals surface area contributed by atoms with Crippen molar-refractivity contribution in [1.29, 1.82) is 0 Å². The SMILES string of the molecule is CCNC(=NCc1ccc(-c2ccc3c(c2)CCCO3)cc1)NCC1(CCO)CCOC1.I. The second kappa shape index (κ2) is 12.6. The maximum absolute atomic E-state index is 9.44. The first-order valence-corrected chi connectivity index (χ1v) is 11.8. The molecule has 2 heterocycles. The Hall–Kier alpha value is -1.84. The third-order valence-electron chi connectivity index (χ3n) is 6.42. The van der Waals surface area contributed by atoms with Crippen molar-refractivity contribution in [2.75, 3.05) is 39.5 Å². The molecule has 0 aliphatic carbocycles. The maximum atomic E-state index is 9.44. The molecule has 1 unspecified atom stereocenters. The van der Waals surface area contributed by atoms with Crippen molar-refractivity contribution in [2.24, 2.45) is 10.4 Å². The van der Waals surface area contributed by atoms with Gasteiger partial charge in [-0.2, -0.15) is 0 Å². The summed E-state index contributed by atoms with van der Waals surface area (Å²) < 4.78 is 11.3. The van der Waals surface area contributed by atoms with E-state index in [-0.39, 0.29) is 36.0 Å². The number of aliphatic hydroxyl groups excluding tert-OH is 1. The molecule has 0 spiro atoms. The van der Waals surface area contributed by atoms with Crippen LogP contribution in [0.2, 0.25) is 0 Å². The van der Waals surface area contributed by atoms with Gasteiger partial charge in [0.25, 0.3) is 0 Å². The van der Waals surface area contributed by atoms with E-state index in [1.165, 1.54) is 22.3 Å². The van der Waals surface area contributed by atoms with Crippen LogP contribution in [0.5, 0.6) is 5.75 Å². The molecule has 2 aromatic rings. The van der Waals surface area contributed by atoms with Gasteiger partial charge in [-0.3, -0.25) is 0 Å². The quantitative estimate of drug-likeness (QED) is 0.255. The van der Waals surface area contributed by atoms with E-state index in [9.17, 15) is 5.11 Å². The number of benzene rings is 2. The van der Waals surface area contributed by atoms with Gasteiger partial charge in [0.2, 0.25) is 0 Å². The largest absolute Gasteiger partial charge is 0.493 e. The number of ether oxygens (including phenoxy) is 2. The minimum Gasteiger partial charge on any atom is -0.493 e. The van der Waals surface area contributed by atoms with Crippen molar-refractivity contribution in [3.8, 4) is 16.9 Å². The number of rotatable bonds is 8. The van der Waals surface area contributed by atoms with Crippen molar-refractivity contribution in [2.45, 2.75) is 39.2 Å². The molecule has 0 saturated carbocycles. The monoisotopic (exact) mass is 565 g/mol. The summed E-state index contributed by atoms with van der Waals surface area (Å²) in [5.41, 5.74) is 4.90.